The summed E-state index contributed by atoms with van der Waals surface area (Å²) in [7, 11) is 0. The molecule has 0 saturated carbocycles. The van der Waals surface area contributed by atoms with Crippen LogP contribution in [0.1, 0.15) is 33.1 Å². The maximum atomic E-state index is 11.3. The maximum absolute atomic E-state index is 11.3. The Balaban J connectivity index is 3.40. The lowest BCUT2D eigenvalue weighted by Crippen LogP contribution is -2.32. The van der Waals surface area contributed by atoms with Crippen molar-refractivity contribution in [2.24, 2.45) is 0 Å². The minimum Gasteiger partial charge on any atom is -0.354 e. The quantitative estimate of drug-likeness (QED) is 0.520. The van der Waals surface area contributed by atoms with Crippen LogP contribution in [0, 0.1) is 0 Å². The van der Waals surface area contributed by atoms with Gasteiger partial charge in [0.25, 0.3) is 0 Å². The number of hydrogen-bond donors (Lipinski definition) is 1. The van der Waals surface area contributed by atoms with Gasteiger partial charge in [0.05, 0.1) is 0 Å². The van der Waals surface area contributed by atoms with Gasteiger partial charge >= 0.3 is 0 Å². The first-order chi connectivity index (χ1) is 6.70. The molecule has 1 N–H and O–H groups in total. The fraction of sp³-hybridized carbons (Fsp3) is 0.900. The van der Waals surface area contributed by atoms with Crippen molar-refractivity contribution in [2.45, 2.75) is 39.2 Å². The van der Waals surface area contributed by atoms with Crippen molar-refractivity contribution in [3.63, 3.8) is 0 Å². The van der Waals surface area contributed by atoms with E-state index in [-0.39, 0.29) is 11.9 Å². The molecule has 0 aliphatic rings. The fourth-order valence-corrected chi connectivity index (χ4v) is 1.99. The summed E-state index contributed by atoms with van der Waals surface area (Å²) in [6, 6.07) is 0.289. The normalized spacial score (nSPS) is 12.5. The lowest BCUT2D eigenvalue weighted by Gasteiger charge is -2.12. The number of amides is 1. The number of thioether (sulfide) groups is 1. The molecule has 14 heavy (non-hydrogen) atoms. The highest BCUT2D eigenvalue weighted by atomic mass is 35.5. The second-order valence-corrected chi connectivity index (χ2v) is 5.02. The van der Waals surface area contributed by atoms with Gasteiger partial charge in [-0.2, -0.15) is 11.8 Å². The molecule has 0 spiro atoms. The van der Waals surface area contributed by atoms with Gasteiger partial charge in [0, 0.05) is 18.3 Å². The lowest BCUT2D eigenvalue weighted by molar-refractivity contribution is -0.121. The highest BCUT2D eigenvalue weighted by molar-refractivity contribution is 7.99. The van der Waals surface area contributed by atoms with Gasteiger partial charge in [0.1, 0.15) is 0 Å². The molecule has 1 amide bonds. The number of rotatable bonds is 8. The zero-order valence-electron chi connectivity index (χ0n) is 9.01. The summed E-state index contributed by atoms with van der Waals surface area (Å²) in [5.41, 5.74) is 0. The van der Waals surface area contributed by atoms with Crippen LogP contribution < -0.4 is 5.32 Å². The van der Waals surface area contributed by atoms with E-state index in [9.17, 15) is 4.79 Å². The number of nitrogens with one attached hydrogen (secondary N) is 1. The fourth-order valence-electron chi connectivity index (χ4n) is 1.05. The minimum absolute atomic E-state index is 0.125. The second-order valence-electron chi connectivity index (χ2n) is 3.25. The van der Waals surface area contributed by atoms with Crippen LogP contribution in [-0.2, 0) is 4.79 Å². The minimum atomic E-state index is 0.125. The number of carbonyl (C=O) groups is 1. The van der Waals surface area contributed by atoms with Crippen molar-refractivity contribution in [3.8, 4) is 0 Å². The van der Waals surface area contributed by atoms with Crippen molar-refractivity contribution < 1.29 is 4.79 Å². The predicted octanol–water partition coefficient (Wildman–Crippen LogP) is 2.65. The molecule has 2 nitrogen and oxygen atoms in total. The van der Waals surface area contributed by atoms with Gasteiger partial charge in [-0.3, -0.25) is 4.79 Å². The molecule has 0 aromatic carbocycles. The molecule has 0 rings (SSSR count). The van der Waals surface area contributed by atoms with E-state index in [2.05, 4.69) is 19.2 Å². The van der Waals surface area contributed by atoms with Crippen LogP contribution in [0.2, 0.25) is 0 Å². The molecule has 1 unspecified atom stereocenters. The van der Waals surface area contributed by atoms with Crippen LogP contribution in [-0.4, -0.2) is 29.3 Å². The molecule has 0 saturated heterocycles. The Morgan fingerprint density at radius 2 is 2.29 bits per heavy atom. The molecule has 0 aromatic rings. The van der Waals surface area contributed by atoms with Crippen LogP contribution in [0.4, 0.5) is 0 Å². The summed E-state index contributed by atoms with van der Waals surface area (Å²) in [5.74, 6) is 2.95. The zero-order chi connectivity index (χ0) is 10.8. The first-order valence-corrected chi connectivity index (χ1v) is 6.82. The first-order valence-electron chi connectivity index (χ1n) is 5.13. The average molecular weight is 238 g/mol. The largest absolute Gasteiger partial charge is 0.354 e. The maximum Gasteiger partial charge on any atom is 0.220 e. The monoisotopic (exact) mass is 237 g/mol. The van der Waals surface area contributed by atoms with Crippen molar-refractivity contribution in [1.82, 2.24) is 5.32 Å². The van der Waals surface area contributed by atoms with E-state index in [1.165, 1.54) is 0 Å². The lowest BCUT2D eigenvalue weighted by atomic mass is 10.2. The molecule has 0 heterocycles. The summed E-state index contributed by atoms with van der Waals surface area (Å²) >= 11 is 7.41. The van der Waals surface area contributed by atoms with Crippen LogP contribution >= 0.6 is 23.4 Å². The Hall–Kier alpha value is 0.110. The standard InChI is InChI=1S/C10H20ClNOS/c1-3-14-8-6-9(2)12-10(13)5-4-7-11/h9H,3-8H2,1-2H3,(H,12,13). The van der Waals surface area contributed by atoms with E-state index in [1.54, 1.807) is 0 Å². The first kappa shape index (κ1) is 14.1. The summed E-state index contributed by atoms with van der Waals surface area (Å²) in [4.78, 5) is 11.3. The molecule has 0 bridgehead atoms. The molecule has 4 heteroatoms. The van der Waals surface area contributed by atoms with Gasteiger partial charge in [0.2, 0.25) is 5.91 Å². The van der Waals surface area contributed by atoms with Gasteiger partial charge in [-0.15, -0.1) is 11.6 Å². The Kier molecular flexibility index (Phi) is 9.73. The molecule has 0 fully saturated rings. The summed E-state index contributed by atoms with van der Waals surface area (Å²) in [5, 5.41) is 2.96. The van der Waals surface area contributed by atoms with E-state index in [4.69, 9.17) is 11.6 Å². The molecule has 84 valence electrons. The molecular formula is C10H20ClNOS. The van der Waals surface area contributed by atoms with E-state index in [0.717, 1.165) is 24.3 Å². The third kappa shape index (κ3) is 8.70. The number of carbonyl (C=O) groups excluding carboxylic acids is 1. The van der Waals surface area contributed by atoms with Crippen LogP contribution in [0.25, 0.3) is 0 Å². The molecule has 0 radical (unpaired) electrons. The summed E-state index contributed by atoms with van der Waals surface area (Å²) < 4.78 is 0. The summed E-state index contributed by atoms with van der Waals surface area (Å²) in [6.45, 7) is 4.20. The average Bonchev–Trinajstić information content (AvgIpc) is 2.15. The summed E-state index contributed by atoms with van der Waals surface area (Å²) in [6.07, 6.45) is 2.36. The highest BCUT2D eigenvalue weighted by Gasteiger charge is 2.05. The van der Waals surface area contributed by atoms with E-state index >= 15 is 0 Å². The third-order valence-corrected chi connectivity index (χ3v) is 3.04. The Morgan fingerprint density at radius 1 is 1.57 bits per heavy atom. The Bertz CT molecular complexity index is 155. The second kappa shape index (κ2) is 9.66. The van der Waals surface area contributed by atoms with Crippen molar-refractivity contribution in [1.29, 1.82) is 0 Å². The molecule has 0 aliphatic carbocycles. The smallest absolute Gasteiger partial charge is 0.220 e. The van der Waals surface area contributed by atoms with E-state index in [0.29, 0.717) is 12.3 Å². The van der Waals surface area contributed by atoms with Crippen LogP contribution in [0.15, 0.2) is 0 Å². The number of alkyl halides is 1. The number of hydrogen-bond acceptors (Lipinski definition) is 2. The molecule has 1 atom stereocenters. The number of halogens is 1. The molecule has 0 aliphatic heterocycles. The Morgan fingerprint density at radius 3 is 2.86 bits per heavy atom. The van der Waals surface area contributed by atoms with Crippen LogP contribution in [0.5, 0.6) is 0 Å². The van der Waals surface area contributed by atoms with Crippen molar-refractivity contribution in [3.05, 3.63) is 0 Å². The van der Waals surface area contributed by atoms with Gasteiger partial charge in [-0.1, -0.05) is 6.92 Å². The topological polar surface area (TPSA) is 29.1 Å². The van der Waals surface area contributed by atoms with Crippen molar-refractivity contribution >= 4 is 29.3 Å². The van der Waals surface area contributed by atoms with Gasteiger partial charge < -0.3 is 5.32 Å². The Labute approximate surface area is 96.2 Å². The van der Waals surface area contributed by atoms with E-state index in [1.807, 2.05) is 11.8 Å². The van der Waals surface area contributed by atoms with Gasteiger partial charge in [-0.25, -0.2) is 0 Å². The highest BCUT2D eigenvalue weighted by Crippen LogP contribution is 2.04. The van der Waals surface area contributed by atoms with E-state index < -0.39 is 0 Å². The van der Waals surface area contributed by atoms with Crippen molar-refractivity contribution in [2.75, 3.05) is 17.4 Å². The van der Waals surface area contributed by atoms with Crippen LogP contribution in [0.3, 0.4) is 0 Å². The zero-order valence-corrected chi connectivity index (χ0v) is 10.6. The SMILES string of the molecule is CCSCCC(C)NC(=O)CCCCl. The van der Waals surface area contributed by atoms with Gasteiger partial charge in [-0.05, 0) is 31.3 Å². The third-order valence-electron chi connectivity index (χ3n) is 1.84. The molecule has 0 aromatic heterocycles. The predicted molar refractivity (Wildman–Crippen MR) is 65.2 cm³/mol. The molecular weight excluding hydrogens is 218 g/mol. The van der Waals surface area contributed by atoms with Gasteiger partial charge in [0.15, 0.2) is 0 Å².